The van der Waals surface area contributed by atoms with Crippen LogP contribution in [0.5, 0.6) is 0 Å². The Morgan fingerprint density at radius 3 is 1.97 bits per heavy atom. The molecule has 0 atom stereocenters. The van der Waals surface area contributed by atoms with Gasteiger partial charge in [-0.05, 0) is 41.4 Å². The standard InChI is InChI=1S/C24H33N3O2/c1-15(2)10-11-26-23(28)18-12-19(14-25-13-18)24(29)27-22-20(16(3)4)8-7-9-21(22)17(5)6/h7-9,12-17H,10-11H2,1-6H3,(H,26,28)(H,27,29). The number of aromatic nitrogens is 1. The van der Waals surface area contributed by atoms with E-state index in [0.29, 0.717) is 23.6 Å². The zero-order valence-corrected chi connectivity index (χ0v) is 18.4. The molecule has 1 heterocycles. The lowest BCUT2D eigenvalue weighted by Crippen LogP contribution is -2.26. The molecule has 1 aromatic heterocycles. The first-order valence-corrected chi connectivity index (χ1v) is 10.4. The predicted molar refractivity (Wildman–Crippen MR) is 119 cm³/mol. The number of benzene rings is 1. The van der Waals surface area contributed by atoms with Crippen molar-refractivity contribution in [2.75, 3.05) is 11.9 Å². The van der Waals surface area contributed by atoms with Gasteiger partial charge in [0.05, 0.1) is 11.1 Å². The Labute approximate surface area is 174 Å². The van der Waals surface area contributed by atoms with Crippen molar-refractivity contribution in [3.63, 3.8) is 0 Å². The Kier molecular flexibility index (Phi) is 7.94. The molecule has 0 fully saturated rings. The van der Waals surface area contributed by atoms with Gasteiger partial charge in [0.1, 0.15) is 0 Å². The van der Waals surface area contributed by atoms with Crippen molar-refractivity contribution in [1.29, 1.82) is 0 Å². The van der Waals surface area contributed by atoms with Crippen LogP contribution in [0.3, 0.4) is 0 Å². The van der Waals surface area contributed by atoms with Gasteiger partial charge in [0.15, 0.2) is 0 Å². The molecule has 156 valence electrons. The quantitative estimate of drug-likeness (QED) is 0.632. The summed E-state index contributed by atoms with van der Waals surface area (Å²) in [6.07, 6.45) is 3.89. The molecule has 5 nitrogen and oxygen atoms in total. The number of hydrogen-bond donors (Lipinski definition) is 2. The molecular weight excluding hydrogens is 362 g/mol. The predicted octanol–water partition coefficient (Wildman–Crippen LogP) is 5.36. The molecule has 0 saturated heterocycles. The van der Waals surface area contributed by atoms with E-state index in [2.05, 4.69) is 57.2 Å². The van der Waals surface area contributed by atoms with Crippen molar-refractivity contribution >= 4 is 17.5 Å². The lowest BCUT2D eigenvalue weighted by Gasteiger charge is -2.20. The normalized spacial score (nSPS) is 11.2. The van der Waals surface area contributed by atoms with Crippen LogP contribution in [0.2, 0.25) is 0 Å². The molecule has 0 radical (unpaired) electrons. The number of para-hydroxylation sites is 1. The first-order valence-electron chi connectivity index (χ1n) is 10.4. The van der Waals surface area contributed by atoms with Crippen molar-refractivity contribution in [2.45, 2.75) is 59.8 Å². The minimum absolute atomic E-state index is 0.210. The lowest BCUT2D eigenvalue weighted by molar-refractivity contribution is 0.0951. The molecule has 2 rings (SSSR count). The van der Waals surface area contributed by atoms with E-state index in [1.54, 1.807) is 6.07 Å². The van der Waals surface area contributed by atoms with Gasteiger partial charge in [-0.3, -0.25) is 14.6 Å². The van der Waals surface area contributed by atoms with Crippen molar-refractivity contribution in [1.82, 2.24) is 10.3 Å². The smallest absolute Gasteiger partial charge is 0.257 e. The summed E-state index contributed by atoms with van der Waals surface area (Å²) >= 11 is 0. The van der Waals surface area contributed by atoms with Crippen LogP contribution < -0.4 is 10.6 Å². The molecule has 0 spiro atoms. The van der Waals surface area contributed by atoms with Crippen molar-refractivity contribution in [2.24, 2.45) is 5.92 Å². The fraction of sp³-hybridized carbons (Fsp3) is 0.458. The van der Waals surface area contributed by atoms with E-state index in [-0.39, 0.29) is 23.7 Å². The van der Waals surface area contributed by atoms with Crippen LogP contribution in [0.4, 0.5) is 5.69 Å². The van der Waals surface area contributed by atoms with Crippen LogP contribution in [0, 0.1) is 5.92 Å². The molecule has 0 unspecified atom stereocenters. The number of nitrogens with one attached hydrogen (secondary N) is 2. The van der Waals surface area contributed by atoms with E-state index in [1.165, 1.54) is 12.4 Å². The van der Waals surface area contributed by atoms with Gasteiger partial charge in [-0.15, -0.1) is 0 Å². The maximum Gasteiger partial charge on any atom is 0.257 e. The topological polar surface area (TPSA) is 71.1 Å². The second-order valence-corrected chi connectivity index (χ2v) is 8.48. The SMILES string of the molecule is CC(C)CCNC(=O)c1cncc(C(=O)Nc2c(C(C)C)cccc2C(C)C)c1. The van der Waals surface area contributed by atoms with E-state index >= 15 is 0 Å². The van der Waals surface area contributed by atoms with Crippen LogP contribution in [0.25, 0.3) is 0 Å². The highest BCUT2D eigenvalue weighted by Gasteiger charge is 2.18. The van der Waals surface area contributed by atoms with Gasteiger partial charge in [0.2, 0.25) is 0 Å². The highest BCUT2D eigenvalue weighted by atomic mass is 16.2. The monoisotopic (exact) mass is 395 g/mol. The number of carbonyl (C=O) groups excluding carboxylic acids is 2. The number of carbonyl (C=O) groups is 2. The van der Waals surface area contributed by atoms with Gasteiger partial charge in [-0.2, -0.15) is 0 Å². The van der Waals surface area contributed by atoms with Gasteiger partial charge >= 0.3 is 0 Å². The molecule has 2 N–H and O–H groups in total. The molecule has 5 heteroatoms. The Hall–Kier alpha value is -2.69. The molecule has 2 amide bonds. The molecule has 2 aromatic rings. The number of hydrogen-bond acceptors (Lipinski definition) is 3. The number of anilines is 1. The van der Waals surface area contributed by atoms with E-state index in [9.17, 15) is 9.59 Å². The minimum atomic E-state index is -0.260. The third kappa shape index (κ3) is 6.14. The molecule has 29 heavy (non-hydrogen) atoms. The second kappa shape index (κ2) is 10.2. The summed E-state index contributed by atoms with van der Waals surface area (Å²) in [6.45, 7) is 13.3. The van der Waals surface area contributed by atoms with Gasteiger partial charge in [-0.1, -0.05) is 59.7 Å². The Balaban J connectivity index is 2.23. The molecular formula is C24H33N3O2. The van der Waals surface area contributed by atoms with Crippen molar-refractivity contribution < 1.29 is 9.59 Å². The first kappa shape index (κ1) is 22.6. The average molecular weight is 396 g/mol. The molecule has 0 bridgehead atoms. The second-order valence-electron chi connectivity index (χ2n) is 8.48. The third-order valence-electron chi connectivity index (χ3n) is 4.88. The first-order chi connectivity index (χ1) is 13.7. The van der Waals surface area contributed by atoms with Gasteiger partial charge in [-0.25, -0.2) is 0 Å². The minimum Gasteiger partial charge on any atom is -0.352 e. The molecule has 0 aliphatic heterocycles. The van der Waals surface area contributed by atoms with Gasteiger partial charge in [0, 0.05) is 24.6 Å². The maximum atomic E-state index is 13.0. The number of pyridine rings is 1. The molecule has 0 saturated carbocycles. The summed E-state index contributed by atoms with van der Waals surface area (Å²) in [7, 11) is 0. The average Bonchev–Trinajstić information content (AvgIpc) is 2.67. The van der Waals surface area contributed by atoms with Crippen molar-refractivity contribution in [3.8, 4) is 0 Å². The molecule has 0 aliphatic carbocycles. The third-order valence-corrected chi connectivity index (χ3v) is 4.88. The maximum absolute atomic E-state index is 13.0. The zero-order chi connectivity index (χ0) is 21.6. The highest BCUT2D eigenvalue weighted by Crippen LogP contribution is 2.32. The summed E-state index contributed by atoms with van der Waals surface area (Å²) in [6, 6.07) is 7.72. The van der Waals surface area contributed by atoms with E-state index in [0.717, 1.165) is 23.2 Å². The van der Waals surface area contributed by atoms with Crippen molar-refractivity contribution in [3.05, 3.63) is 58.9 Å². The Bertz CT molecular complexity index is 831. The summed E-state index contributed by atoms with van der Waals surface area (Å²) in [5.74, 6) is 0.602. The van der Waals surface area contributed by atoms with Gasteiger partial charge < -0.3 is 10.6 Å². The largest absolute Gasteiger partial charge is 0.352 e. The highest BCUT2D eigenvalue weighted by molar-refractivity contribution is 6.06. The Morgan fingerprint density at radius 2 is 1.45 bits per heavy atom. The molecule has 1 aromatic carbocycles. The van der Waals surface area contributed by atoms with Gasteiger partial charge in [0.25, 0.3) is 11.8 Å². The lowest BCUT2D eigenvalue weighted by atomic mass is 9.92. The number of rotatable bonds is 8. The summed E-state index contributed by atoms with van der Waals surface area (Å²) in [4.78, 5) is 29.4. The summed E-state index contributed by atoms with van der Waals surface area (Å²) in [5, 5.41) is 5.96. The number of nitrogens with zero attached hydrogens (tertiary/aromatic N) is 1. The molecule has 0 aliphatic rings. The van der Waals surface area contributed by atoms with E-state index in [4.69, 9.17) is 0 Å². The van der Waals surface area contributed by atoms with Crippen LogP contribution in [-0.2, 0) is 0 Å². The van der Waals surface area contributed by atoms with E-state index in [1.807, 2.05) is 18.2 Å². The summed E-state index contributed by atoms with van der Waals surface area (Å²) < 4.78 is 0. The van der Waals surface area contributed by atoms with Crippen LogP contribution >= 0.6 is 0 Å². The van der Waals surface area contributed by atoms with Crippen LogP contribution in [0.15, 0.2) is 36.7 Å². The zero-order valence-electron chi connectivity index (χ0n) is 18.4. The van der Waals surface area contributed by atoms with E-state index < -0.39 is 0 Å². The fourth-order valence-corrected chi connectivity index (χ4v) is 3.15. The van der Waals surface area contributed by atoms with Crippen LogP contribution in [0.1, 0.15) is 91.6 Å². The fourth-order valence-electron chi connectivity index (χ4n) is 3.15. The Morgan fingerprint density at radius 1 is 0.897 bits per heavy atom. The van der Waals surface area contributed by atoms with Crippen LogP contribution in [-0.4, -0.2) is 23.3 Å². The number of amides is 2. The summed E-state index contributed by atoms with van der Waals surface area (Å²) in [5.41, 5.74) is 3.81.